The van der Waals surface area contributed by atoms with Crippen LogP contribution in [0.5, 0.6) is 0 Å². The molecule has 3 N–H and O–H groups in total. The Hall–Kier alpha value is -1.03. The Bertz CT molecular complexity index is 549. The van der Waals surface area contributed by atoms with Gasteiger partial charge in [0.1, 0.15) is 4.90 Å². The van der Waals surface area contributed by atoms with Crippen molar-refractivity contribution in [3.05, 3.63) is 11.4 Å². The summed E-state index contributed by atoms with van der Waals surface area (Å²) in [4.78, 5) is 0.486. The van der Waals surface area contributed by atoms with E-state index in [1.165, 1.54) is 11.4 Å². The number of methoxy groups -OCH3 is 1. The van der Waals surface area contributed by atoms with Crippen LogP contribution in [0.2, 0.25) is 0 Å². The Balaban J connectivity index is 3.07. The summed E-state index contributed by atoms with van der Waals surface area (Å²) >= 11 is 4.81. The van der Waals surface area contributed by atoms with Gasteiger partial charge < -0.3 is 10.5 Å². The van der Waals surface area contributed by atoms with Gasteiger partial charge in [-0.1, -0.05) is 12.2 Å². The van der Waals surface area contributed by atoms with E-state index < -0.39 is 10.0 Å². The molecule has 1 heterocycles. The predicted octanol–water partition coefficient (Wildman–Crippen LogP) is 0.340. The number of aromatic nitrogens is 2. The minimum absolute atomic E-state index is 0.205. The van der Waals surface area contributed by atoms with Crippen molar-refractivity contribution in [3.63, 3.8) is 0 Å². The van der Waals surface area contributed by atoms with Crippen LogP contribution in [0.4, 0.5) is 0 Å². The highest BCUT2D eigenvalue weighted by Gasteiger charge is 2.29. The molecule has 9 heteroatoms. The highest BCUT2D eigenvalue weighted by molar-refractivity contribution is 7.89. The fraction of sp³-hybridized carbons (Fsp3) is 0.636. The van der Waals surface area contributed by atoms with Crippen LogP contribution < -0.4 is 5.73 Å². The standard InChI is InChI=1S/C11H20N4O3S2/c1-8-11(9(2)14-13-8)20(16,17)15(6-7-18-3)5-4-10(12)19/h4-7H2,1-3H3,(H2,12,19)(H,13,14). The largest absolute Gasteiger partial charge is 0.393 e. The highest BCUT2D eigenvalue weighted by atomic mass is 32.2. The molecule has 0 atom stereocenters. The molecule has 20 heavy (non-hydrogen) atoms. The van der Waals surface area contributed by atoms with Gasteiger partial charge in [0.25, 0.3) is 0 Å². The lowest BCUT2D eigenvalue weighted by Crippen LogP contribution is -2.36. The number of thiocarbonyl (C=S) groups is 1. The van der Waals surface area contributed by atoms with Gasteiger partial charge >= 0.3 is 0 Å². The smallest absolute Gasteiger partial charge is 0.246 e. The average Bonchev–Trinajstić information content (AvgIpc) is 2.68. The summed E-state index contributed by atoms with van der Waals surface area (Å²) in [5.41, 5.74) is 6.41. The number of sulfonamides is 1. The Kier molecular flexibility index (Phi) is 6.06. The molecule has 1 rings (SSSR count). The predicted molar refractivity (Wildman–Crippen MR) is 80.1 cm³/mol. The number of nitrogens with zero attached hydrogens (tertiary/aromatic N) is 2. The lowest BCUT2D eigenvalue weighted by molar-refractivity contribution is 0.179. The van der Waals surface area contributed by atoms with E-state index >= 15 is 0 Å². The summed E-state index contributed by atoms with van der Waals surface area (Å²) in [7, 11) is -2.12. The number of nitrogens with one attached hydrogen (secondary N) is 1. The minimum Gasteiger partial charge on any atom is -0.393 e. The molecule has 0 aliphatic carbocycles. The highest BCUT2D eigenvalue weighted by Crippen LogP contribution is 2.21. The fourth-order valence-corrected chi connectivity index (χ4v) is 3.68. The monoisotopic (exact) mass is 320 g/mol. The SMILES string of the molecule is COCCN(CCC(N)=S)S(=O)(=O)c1c(C)n[nH]c1C. The van der Waals surface area contributed by atoms with Crippen LogP contribution in [0.25, 0.3) is 0 Å². The van der Waals surface area contributed by atoms with Gasteiger partial charge in [-0.3, -0.25) is 5.10 Å². The molecular weight excluding hydrogens is 300 g/mol. The van der Waals surface area contributed by atoms with E-state index in [1.54, 1.807) is 13.8 Å². The van der Waals surface area contributed by atoms with Crippen molar-refractivity contribution in [2.24, 2.45) is 5.73 Å². The van der Waals surface area contributed by atoms with Gasteiger partial charge in [-0.15, -0.1) is 0 Å². The van der Waals surface area contributed by atoms with E-state index in [4.69, 9.17) is 22.7 Å². The maximum Gasteiger partial charge on any atom is 0.246 e. The molecule has 0 bridgehead atoms. The van der Waals surface area contributed by atoms with Gasteiger partial charge in [-0.2, -0.15) is 9.40 Å². The third kappa shape index (κ3) is 3.98. The minimum atomic E-state index is -3.64. The van der Waals surface area contributed by atoms with E-state index in [1.807, 2.05) is 0 Å². The molecule has 0 aromatic carbocycles. The molecule has 0 aliphatic rings. The number of hydrogen-bond acceptors (Lipinski definition) is 5. The lowest BCUT2D eigenvalue weighted by Gasteiger charge is -2.21. The summed E-state index contributed by atoms with van der Waals surface area (Å²) in [5.74, 6) is 0. The van der Waals surface area contributed by atoms with Crippen molar-refractivity contribution < 1.29 is 13.2 Å². The van der Waals surface area contributed by atoms with Gasteiger partial charge in [0.15, 0.2) is 0 Å². The van der Waals surface area contributed by atoms with Crippen LogP contribution in [0, 0.1) is 13.8 Å². The van der Waals surface area contributed by atoms with Crippen molar-refractivity contribution in [1.82, 2.24) is 14.5 Å². The summed E-state index contributed by atoms with van der Waals surface area (Å²) < 4.78 is 31.6. The summed E-state index contributed by atoms with van der Waals surface area (Å²) in [5, 5.41) is 6.61. The molecule has 1 aromatic heterocycles. The topological polar surface area (TPSA) is 101 Å². The Labute approximate surface area is 124 Å². The number of aromatic amines is 1. The van der Waals surface area contributed by atoms with Crippen molar-refractivity contribution in [3.8, 4) is 0 Å². The molecule has 0 saturated carbocycles. The number of ether oxygens (including phenoxy) is 1. The zero-order valence-electron chi connectivity index (χ0n) is 11.8. The quantitative estimate of drug-likeness (QED) is 0.670. The van der Waals surface area contributed by atoms with Crippen LogP contribution in [-0.4, -0.2) is 54.7 Å². The molecule has 0 saturated heterocycles. The Morgan fingerprint density at radius 1 is 1.45 bits per heavy atom. The number of hydrogen-bond donors (Lipinski definition) is 2. The summed E-state index contributed by atoms with van der Waals surface area (Å²) in [6.45, 7) is 4.09. The molecule has 0 amide bonds. The maximum atomic E-state index is 12.7. The number of rotatable bonds is 8. The van der Waals surface area contributed by atoms with E-state index in [0.717, 1.165) is 0 Å². The fourth-order valence-electron chi connectivity index (χ4n) is 1.83. The number of nitrogens with two attached hydrogens (primary N) is 1. The third-order valence-electron chi connectivity index (χ3n) is 2.81. The van der Waals surface area contributed by atoms with Gasteiger partial charge in [-0.25, -0.2) is 8.42 Å². The first-order valence-electron chi connectivity index (χ1n) is 6.09. The van der Waals surface area contributed by atoms with Crippen LogP contribution >= 0.6 is 12.2 Å². The molecular formula is C11H20N4O3S2. The molecule has 0 aliphatic heterocycles. The van der Waals surface area contributed by atoms with E-state index in [2.05, 4.69) is 10.2 Å². The van der Waals surface area contributed by atoms with Gasteiger partial charge in [-0.05, 0) is 13.8 Å². The van der Waals surface area contributed by atoms with E-state index in [-0.39, 0.29) is 23.0 Å². The Morgan fingerprint density at radius 2 is 2.10 bits per heavy atom. The molecule has 114 valence electrons. The zero-order valence-corrected chi connectivity index (χ0v) is 13.5. The van der Waals surface area contributed by atoms with Gasteiger partial charge in [0.2, 0.25) is 10.0 Å². The lowest BCUT2D eigenvalue weighted by atomic mass is 10.4. The summed E-state index contributed by atoms with van der Waals surface area (Å²) in [6, 6.07) is 0. The molecule has 0 radical (unpaired) electrons. The second-order valence-corrected chi connectivity index (χ2v) is 6.78. The first-order chi connectivity index (χ1) is 9.30. The van der Waals surface area contributed by atoms with Crippen LogP contribution in [0.15, 0.2) is 4.90 Å². The van der Waals surface area contributed by atoms with E-state index in [9.17, 15) is 8.42 Å². The second kappa shape index (κ2) is 7.11. The third-order valence-corrected chi connectivity index (χ3v) is 5.18. The van der Waals surface area contributed by atoms with Crippen LogP contribution in [0.1, 0.15) is 17.8 Å². The zero-order chi connectivity index (χ0) is 15.3. The number of aryl methyl sites for hydroxylation is 2. The first-order valence-corrected chi connectivity index (χ1v) is 7.94. The van der Waals surface area contributed by atoms with Gasteiger partial charge in [0.05, 0.1) is 23.0 Å². The number of H-pyrrole nitrogens is 1. The molecule has 0 spiro atoms. The molecule has 1 aromatic rings. The summed E-state index contributed by atoms with van der Waals surface area (Å²) in [6.07, 6.45) is 0.328. The van der Waals surface area contributed by atoms with Crippen LogP contribution in [0.3, 0.4) is 0 Å². The van der Waals surface area contributed by atoms with Crippen LogP contribution in [-0.2, 0) is 14.8 Å². The maximum absolute atomic E-state index is 12.7. The second-order valence-electron chi connectivity index (χ2n) is 4.38. The molecule has 7 nitrogen and oxygen atoms in total. The van der Waals surface area contributed by atoms with E-state index in [0.29, 0.717) is 24.4 Å². The van der Waals surface area contributed by atoms with Crippen molar-refractivity contribution >= 4 is 27.2 Å². The van der Waals surface area contributed by atoms with Crippen molar-refractivity contribution in [2.75, 3.05) is 26.8 Å². The van der Waals surface area contributed by atoms with Gasteiger partial charge in [0, 0.05) is 26.6 Å². The first kappa shape index (κ1) is 17.0. The van der Waals surface area contributed by atoms with Crippen molar-refractivity contribution in [2.45, 2.75) is 25.2 Å². The Morgan fingerprint density at radius 3 is 2.55 bits per heavy atom. The average molecular weight is 320 g/mol. The van der Waals surface area contributed by atoms with Crippen molar-refractivity contribution in [1.29, 1.82) is 0 Å². The molecule has 0 unspecified atom stereocenters. The molecule has 0 fully saturated rings. The normalized spacial score (nSPS) is 12.0.